The number of aliphatic carboxylic acids is 1. The Hall–Kier alpha value is -1.10. The van der Waals surface area contributed by atoms with Gasteiger partial charge in [-0.2, -0.15) is 0 Å². The molecule has 2 rings (SSSR count). The molecule has 1 amide bonds. The number of rotatable bonds is 5. The molecule has 5 nitrogen and oxygen atoms in total. The van der Waals surface area contributed by atoms with Crippen molar-refractivity contribution < 1.29 is 14.7 Å². The molecule has 0 bridgehead atoms. The molecule has 2 fully saturated rings. The Morgan fingerprint density at radius 3 is 2.35 bits per heavy atom. The predicted molar refractivity (Wildman–Crippen MR) is 76.4 cm³/mol. The molecule has 0 radical (unpaired) electrons. The molecule has 0 atom stereocenters. The standard InChI is InChI=1S/C15H26N2O3/c1-2-17-9-5-12(6-10-17)16-13(18)11-15(14(19)20)7-3-4-8-15/h12H,2-11H2,1H3,(H,16,18)(H,19,20). The molecule has 114 valence electrons. The van der Waals surface area contributed by atoms with Crippen molar-refractivity contribution in [2.75, 3.05) is 19.6 Å². The molecule has 1 saturated heterocycles. The van der Waals surface area contributed by atoms with E-state index in [0.717, 1.165) is 45.3 Å². The molecular weight excluding hydrogens is 256 g/mol. The highest BCUT2D eigenvalue weighted by Crippen LogP contribution is 2.41. The average molecular weight is 282 g/mol. The van der Waals surface area contributed by atoms with Gasteiger partial charge in [-0.15, -0.1) is 0 Å². The van der Waals surface area contributed by atoms with Crippen LogP contribution in [-0.2, 0) is 9.59 Å². The predicted octanol–water partition coefficient (Wildman–Crippen LogP) is 1.62. The first-order valence-corrected chi connectivity index (χ1v) is 7.81. The lowest BCUT2D eigenvalue weighted by Crippen LogP contribution is -2.46. The van der Waals surface area contributed by atoms with Gasteiger partial charge in [-0.25, -0.2) is 0 Å². The van der Waals surface area contributed by atoms with E-state index in [1.807, 2.05) is 0 Å². The Morgan fingerprint density at radius 2 is 1.85 bits per heavy atom. The third-order valence-electron chi connectivity index (χ3n) is 4.91. The van der Waals surface area contributed by atoms with Gasteiger partial charge in [-0.1, -0.05) is 19.8 Å². The van der Waals surface area contributed by atoms with Gasteiger partial charge < -0.3 is 15.3 Å². The Kier molecular flexibility index (Phi) is 5.02. The molecular formula is C15H26N2O3. The average Bonchev–Trinajstić information content (AvgIpc) is 2.89. The molecule has 0 aromatic heterocycles. The highest BCUT2D eigenvalue weighted by atomic mass is 16.4. The second-order valence-electron chi connectivity index (χ2n) is 6.25. The van der Waals surface area contributed by atoms with Gasteiger partial charge in [0.1, 0.15) is 0 Å². The Morgan fingerprint density at radius 1 is 1.25 bits per heavy atom. The van der Waals surface area contributed by atoms with Crippen molar-refractivity contribution in [2.24, 2.45) is 5.41 Å². The molecule has 2 N–H and O–H groups in total. The van der Waals surface area contributed by atoms with E-state index in [4.69, 9.17) is 0 Å². The van der Waals surface area contributed by atoms with Crippen molar-refractivity contribution in [3.8, 4) is 0 Å². The van der Waals surface area contributed by atoms with Crippen LogP contribution in [0.5, 0.6) is 0 Å². The molecule has 20 heavy (non-hydrogen) atoms. The van der Waals surface area contributed by atoms with Gasteiger partial charge in [0.15, 0.2) is 0 Å². The molecule has 0 unspecified atom stereocenters. The Labute approximate surface area is 120 Å². The van der Waals surface area contributed by atoms with Crippen LogP contribution in [0.3, 0.4) is 0 Å². The minimum absolute atomic E-state index is 0.0794. The number of amides is 1. The number of nitrogens with zero attached hydrogens (tertiary/aromatic N) is 1. The quantitative estimate of drug-likeness (QED) is 0.804. The minimum atomic E-state index is -0.800. The number of carbonyl (C=O) groups excluding carboxylic acids is 1. The summed E-state index contributed by atoms with van der Waals surface area (Å²) in [6.07, 6.45) is 5.23. The number of carbonyl (C=O) groups is 2. The SMILES string of the molecule is CCN1CCC(NC(=O)CC2(C(=O)O)CCCC2)CC1. The summed E-state index contributed by atoms with van der Waals surface area (Å²) in [5, 5.41) is 12.4. The number of nitrogens with one attached hydrogen (secondary N) is 1. The summed E-state index contributed by atoms with van der Waals surface area (Å²) >= 11 is 0. The van der Waals surface area contributed by atoms with E-state index in [1.165, 1.54) is 0 Å². The van der Waals surface area contributed by atoms with Crippen LogP contribution < -0.4 is 5.32 Å². The second kappa shape index (κ2) is 6.57. The summed E-state index contributed by atoms with van der Waals surface area (Å²) in [5.41, 5.74) is -0.797. The van der Waals surface area contributed by atoms with Crippen LogP contribution in [0.15, 0.2) is 0 Å². The lowest BCUT2D eigenvalue weighted by atomic mass is 9.82. The van der Waals surface area contributed by atoms with E-state index in [2.05, 4.69) is 17.1 Å². The summed E-state index contributed by atoms with van der Waals surface area (Å²) in [4.78, 5) is 26.0. The van der Waals surface area contributed by atoms with Crippen LogP contribution >= 0.6 is 0 Å². The van der Waals surface area contributed by atoms with Crippen LogP contribution in [0.1, 0.15) is 51.9 Å². The first-order valence-electron chi connectivity index (χ1n) is 7.81. The van der Waals surface area contributed by atoms with Gasteiger partial charge in [0.25, 0.3) is 0 Å². The fraction of sp³-hybridized carbons (Fsp3) is 0.867. The Bertz CT molecular complexity index is 356. The van der Waals surface area contributed by atoms with Crippen molar-refractivity contribution >= 4 is 11.9 Å². The zero-order valence-electron chi connectivity index (χ0n) is 12.4. The number of hydrogen-bond acceptors (Lipinski definition) is 3. The van der Waals surface area contributed by atoms with E-state index >= 15 is 0 Å². The summed E-state index contributed by atoms with van der Waals surface area (Å²) < 4.78 is 0. The second-order valence-corrected chi connectivity index (χ2v) is 6.25. The molecule has 1 saturated carbocycles. The van der Waals surface area contributed by atoms with Crippen molar-refractivity contribution in [3.63, 3.8) is 0 Å². The van der Waals surface area contributed by atoms with E-state index in [1.54, 1.807) is 0 Å². The third-order valence-corrected chi connectivity index (χ3v) is 4.91. The molecule has 5 heteroatoms. The van der Waals surface area contributed by atoms with Gasteiger partial charge >= 0.3 is 5.97 Å². The maximum atomic E-state index is 12.1. The van der Waals surface area contributed by atoms with Gasteiger partial charge in [0, 0.05) is 25.6 Å². The van der Waals surface area contributed by atoms with E-state index in [-0.39, 0.29) is 18.4 Å². The van der Waals surface area contributed by atoms with Crippen molar-refractivity contribution in [1.82, 2.24) is 10.2 Å². The van der Waals surface area contributed by atoms with Gasteiger partial charge in [0.2, 0.25) is 5.91 Å². The zero-order chi connectivity index (χ0) is 14.6. The molecule has 0 aromatic rings. The zero-order valence-corrected chi connectivity index (χ0v) is 12.4. The van der Waals surface area contributed by atoms with Crippen LogP contribution in [-0.4, -0.2) is 47.6 Å². The van der Waals surface area contributed by atoms with E-state index in [9.17, 15) is 14.7 Å². The van der Waals surface area contributed by atoms with Gasteiger partial charge in [0.05, 0.1) is 5.41 Å². The number of piperidine rings is 1. The molecule has 1 aliphatic carbocycles. The number of carboxylic acids is 1. The van der Waals surface area contributed by atoms with Crippen molar-refractivity contribution in [3.05, 3.63) is 0 Å². The summed E-state index contributed by atoms with van der Waals surface area (Å²) in [6, 6.07) is 0.220. The smallest absolute Gasteiger partial charge is 0.310 e. The summed E-state index contributed by atoms with van der Waals surface area (Å²) in [6.45, 7) is 5.25. The first-order chi connectivity index (χ1) is 9.55. The van der Waals surface area contributed by atoms with Gasteiger partial charge in [-0.05, 0) is 32.2 Å². The minimum Gasteiger partial charge on any atom is -0.481 e. The lowest BCUT2D eigenvalue weighted by Gasteiger charge is -2.32. The number of likely N-dealkylation sites (tertiary alicyclic amines) is 1. The fourth-order valence-corrected chi connectivity index (χ4v) is 3.50. The number of hydrogen-bond donors (Lipinski definition) is 2. The van der Waals surface area contributed by atoms with Crippen molar-refractivity contribution in [2.45, 2.75) is 57.9 Å². The van der Waals surface area contributed by atoms with Crippen LogP contribution in [0.25, 0.3) is 0 Å². The molecule has 0 aromatic carbocycles. The van der Waals surface area contributed by atoms with Crippen LogP contribution in [0.2, 0.25) is 0 Å². The monoisotopic (exact) mass is 282 g/mol. The first kappa shape index (κ1) is 15.3. The van der Waals surface area contributed by atoms with E-state index < -0.39 is 11.4 Å². The molecule has 2 aliphatic rings. The largest absolute Gasteiger partial charge is 0.481 e. The van der Waals surface area contributed by atoms with Crippen LogP contribution in [0.4, 0.5) is 0 Å². The third kappa shape index (κ3) is 3.51. The maximum Gasteiger partial charge on any atom is 0.310 e. The fourth-order valence-electron chi connectivity index (χ4n) is 3.50. The molecule has 1 aliphatic heterocycles. The highest BCUT2D eigenvalue weighted by molar-refractivity contribution is 5.85. The normalized spacial score (nSPS) is 23.6. The van der Waals surface area contributed by atoms with E-state index in [0.29, 0.717) is 12.8 Å². The highest BCUT2D eigenvalue weighted by Gasteiger charge is 2.43. The Balaban J connectivity index is 1.82. The maximum absolute atomic E-state index is 12.1. The topological polar surface area (TPSA) is 69.6 Å². The number of carboxylic acid groups (broad SMARTS) is 1. The molecule has 0 spiro atoms. The van der Waals surface area contributed by atoms with Gasteiger partial charge in [-0.3, -0.25) is 9.59 Å². The molecule has 1 heterocycles. The van der Waals surface area contributed by atoms with Crippen molar-refractivity contribution in [1.29, 1.82) is 0 Å². The lowest BCUT2D eigenvalue weighted by molar-refractivity contribution is -0.151. The van der Waals surface area contributed by atoms with Crippen LogP contribution in [0, 0.1) is 5.41 Å². The summed E-state index contributed by atoms with van der Waals surface area (Å²) in [5.74, 6) is -0.879. The summed E-state index contributed by atoms with van der Waals surface area (Å²) in [7, 11) is 0.